The Bertz CT molecular complexity index is 700. The van der Waals surface area contributed by atoms with Crippen molar-refractivity contribution in [3.05, 3.63) is 57.6 Å². The zero-order valence-corrected chi connectivity index (χ0v) is 13.0. The summed E-state index contributed by atoms with van der Waals surface area (Å²) in [6.07, 6.45) is 0.973. The second kappa shape index (κ2) is 5.87. The number of fused-ring (bicyclic) bond motifs is 1. The monoisotopic (exact) mass is 345 g/mol. The molecule has 0 saturated carbocycles. The summed E-state index contributed by atoms with van der Waals surface area (Å²) in [6.45, 7) is 1.85. The van der Waals surface area contributed by atoms with Crippen molar-refractivity contribution in [2.75, 3.05) is 11.9 Å². The third kappa shape index (κ3) is 2.94. The van der Waals surface area contributed by atoms with E-state index in [1.165, 1.54) is 11.1 Å². The highest BCUT2D eigenvalue weighted by molar-refractivity contribution is 9.10. The molecule has 2 aromatic rings. The molecule has 0 bridgehead atoms. The Morgan fingerprint density at radius 1 is 1.24 bits per heavy atom. The maximum Gasteiger partial charge on any atom is 0.250 e. The van der Waals surface area contributed by atoms with Crippen LogP contribution in [0.2, 0.25) is 0 Å². The van der Waals surface area contributed by atoms with E-state index in [4.69, 9.17) is 5.73 Å². The summed E-state index contributed by atoms with van der Waals surface area (Å²) in [7, 11) is 0. The van der Waals surface area contributed by atoms with Crippen molar-refractivity contribution in [3.63, 3.8) is 0 Å². The first-order chi connectivity index (χ1) is 10.1. The predicted octanol–water partition coefficient (Wildman–Crippen LogP) is 2.94. The van der Waals surface area contributed by atoms with Crippen LogP contribution >= 0.6 is 15.9 Å². The highest BCUT2D eigenvalue weighted by Crippen LogP contribution is 2.29. The van der Waals surface area contributed by atoms with E-state index in [0.717, 1.165) is 35.4 Å². The predicted molar refractivity (Wildman–Crippen MR) is 87.8 cm³/mol. The zero-order valence-electron chi connectivity index (χ0n) is 11.4. The lowest BCUT2D eigenvalue weighted by atomic mass is 9.98. The maximum absolute atomic E-state index is 11.6. The lowest BCUT2D eigenvalue weighted by molar-refractivity contribution is 0.100. The van der Waals surface area contributed by atoms with E-state index in [0.29, 0.717) is 5.56 Å². The van der Waals surface area contributed by atoms with Gasteiger partial charge in [0.2, 0.25) is 0 Å². The fourth-order valence-corrected chi connectivity index (χ4v) is 2.98. The lowest BCUT2D eigenvalue weighted by Gasteiger charge is -2.21. The minimum atomic E-state index is -0.440. The van der Waals surface area contributed by atoms with E-state index in [1.54, 1.807) is 6.07 Å². The molecule has 0 fully saturated rings. The molecule has 1 amide bonds. The van der Waals surface area contributed by atoms with Gasteiger partial charge in [-0.25, -0.2) is 0 Å². The molecule has 1 aliphatic rings. The molecule has 5 heteroatoms. The molecule has 0 radical (unpaired) electrons. The molecule has 4 N–H and O–H groups in total. The molecule has 0 atom stereocenters. The van der Waals surface area contributed by atoms with Crippen molar-refractivity contribution in [3.8, 4) is 0 Å². The largest absolute Gasteiger partial charge is 0.366 e. The first-order valence-electron chi connectivity index (χ1n) is 6.83. The van der Waals surface area contributed by atoms with Gasteiger partial charge in [0.15, 0.2) is 0 Å². The number of rotatable bonds is 3. The van der Waals surface area contributed by atoms with Crippen molar-refractivity contribution >= 4 is 33.2 Å². The Kier molecular flexibility index (Phi) is 3.94. The van der Waals surface area contributed by atoms with Gasteiger partial charge >= 0.3 is 0 Å². The molecular formula is C16H16BrN3O. The van der Waals surface area contributed by atoms with Crippen molar-refractivity contribution in [2.24, 2.45) is 5.73 Å². The molecule has 4 nitrogen and oxygen atoms in total. The van der Waals surface area contributed by atoms with Crippen LogP contribution in [-0.2, 0) is 13.0 Å². The molecule has 2 aromatic carbocycles. The molecule has 1 aliphatic heterocycles. The van der Waals surface area contributed by atoms with Gasteiger partial charge in [-0.05, 0) is 48.4 Å². The van der Waals surface area contributed by atoms with Gasteiger partial charge in [0.05, 0.1) is 11.3 Å². The van der Waals surface area contributed by atoms with Crippen LogP contribution < -0.4 is 16.4 Å². The van der Waals surface area contributed by atoms with Gasteiger partial charge in [-0.2, -0.15) is 0 Å². The van der Waals surface area contributed by atoms with Crippen molar-refractivity contribution in [1.29, 1.82) is 0 Å². The third-order valence-corrected chi connectivity index (χ3v) is 4.15. The third-order valence-electron chi connectivity index (χ3n) is 3.66. The molecule has 0 aliphatic carbocycles. The lowest BCUT2D eigenvalue weighted by Crippen LogP contribution is -2.24. The second-order valence-electron chi connectivity index (χ2n) is 5.05. The number of halogens is 1. The zero-order chi connectivity index (χ0) is 14.8. The van der Waals surface area contributed by atoms with Gasteiger partial charge in [-0.1, -0.05) is 28.1 Å². The van der Waals surface area contributed by atoms with Gasteiger partial charge in [-0.3, -0.25) is 4.79 Å². The van der Waals surface area contributed by atoms with Gasteiger partial charge < -0.3 is 16.4 Å². The summed E-state index contributed by atoms with van der Waals surface area (Å²) in [5.74, 6) is -0.440. The Hall–Kier alpha value is -1.85. The van der Waals surface area contributed by atoms with Crippen LogP contribution in [0, 0.1) is 0 Å². The standard InChI is InChI=1S/C16H16BrN3O/c17-11-4-5-15(13(8-11)16(18)21)20-14-3-1-2-10-9-19-7-6-12(10)14/h1-5,8,19-20H,6-7,9H2,(H2,18,21). The molecule has 21 heavy (non-hydrogen) atoms. The average Bonchev–Trinajstić information content (AvgIpc) is 2.49. The fourth-order valence-electron chi connectivity index (χ4n) is 2.62. The van der Waals surface area contributed by atoms with Gasteiger partial charge in [-0.15, -0.1) is 0 Å². The van der Waals surface area contributed by atoms with Crippen LogP contribution in [0.25, 0.3) is 0 Å². The molecule has 0 spiro atoms. The SMILES string of the molecule is NC(=O)c1cc(Br)ccc1Nc1cccc2c1CCNC2. The van der Waals surface area contributed by atoms with Crippen LogP contribution in [0.1, 0.15) is 21.5 Å². The van der Waals surface area contributed by atoms with E-state index >= 15 is 0 Å². The number of benzene rings is 2. The summed E-state index contributed by atoms with van der Waals surface area (Å²) in [5, 5.41) is 6.72. The molecular weight excluding hydrogens is 330 g/mol. The Labute approximate surface area is 131 Å². The molecule has 3 rings (SSSR count). The van der Waals surface area contributed by atoms with E-state index in [-0.39, 0.29) is 0 Å². The normalized spacial score (nSPS) is 13.6. The smallest absolute Gasteiger partial charge is 0.250 e. The molecule has 1 heterocycles. The van der Waals surface area contributed by atoms with E-state index in [1.807, 2.05) is 24.3 Å². The van der Waals surface area contributed by atoms with Crippen LogP contribution in [0.15, 0.2) is 40.9 Å². The van der Waals surface area contributed by atoms with Gasteiger partial charge in [0, 0.05) is 16.7 Å². The number of nitrogens with one attached hydrogen (secondary N) is 2. The van der Waals surface area contributed by atoms with Gasteiger partial charge in [0.25, 0.3) is 5.91 Å². The average molecular weight is 346 g/mol. The van der Waals surface area contributed by atoms with Crippen molar-refractivity contribution in [1.82, 2.24) is 5.32 Å². The Morgan fingerprint density at radius 3 is 2.90 bits per heavy atom. The van der Waals surface area contributed by atoms with E-state index in [9.17, 15) is 4.79 Å². The van der Waals surface area contributed by atoms with Crippen LogP contribution in [0.5, 0.6) is 0 Å². The number of carbonyl (C=O) groups is 1. The van der Waals surface area contributed by atoms with Crippen molar-refractivity contribution in [2.45, 2.75) is 13.0 Å². The van der Waals surface area contributed by atoms with Crippen molar-refractivity contribution < 1.29 is 4.79 Å². The first-order valence-corrected chi connectivity index (χ1v) is 7.62. The van der Waals surface area contributed by atoms with Crippen LogP contribution in [0.4, 0.5) is 11.4 Å². The summed E-state index contributed by atoms with van der Waals surface area (Å²) in [4.78, 5) is 11.6. The second-order valence-corrected chi connectivity index (χ2v) is 5.96. The topological polar surface area (TPSA) is 67.2 Å². The highest BCUT2D eigenvalue weighted by Gasteiger charge is 2.14. The summed E-state index contributed by atoms with van der Waals surface area (Å²) >= 11 is 3.37. The number of hydrogen-bond donors (Lipinski definition) is 3. The number of anilines is 2. The Balaban J connectivity index is 2.00. The Morgan fingerprint density at radius 2 is 2.10 bits per heavy atom. The van der Waals surface area contributed by atoms with Crippen LogP contribution in [0.3, 0.4) is 0 Å². The number of primary amides is 1. The number of hydrogen-bond acceptors (Lipinski definition) is 3. The first kappa shape index (κ1) is 14.1. The maximum atomic E-state index is 11.6. The molecule has 0 unspecified atom stereocenters. The summed E-state index contributed by atoms with van der Waals surface area (Å²) < 4.78 is 0.834. The molecule has 0 aromatic heterocycles. The summed E-state index contributed by atoms with van der Waals surface area (Å²) in [5.41, 5.74) is 10.3. The number of carbonyl (C=O) groups excluding carboxylic acids is 1. The summed E-state index contributed by atoms with van der Waals surface area (Å²) in [6, 6.07) is 11.7. The van der Waals surface area contributed by atoms with E-state index in [2.05, 4.69) is 32.6 Å². The number of nitrogens with two attached hydrogens (primary N) is 1. The van der Waals surface area contributed by atoms with E-state index < -0.39 is 5.91 Å². The highest BCUT2D eigenvalue weighted by atomic mass is 79.9. The minimum Gasteiger partial charge on any atom is -0.366 e. The molecule has 0 saturated heterocycles. The fraction of sp³-hybridized carbons (Fsp3) is 0.188. The number of amides is 1. The minimum absolute atomic E-state index is 0.440. The van der Waals surface area contributed by atoms with Gasteiger partial charge in [0.1, 0.15) is 0 Å². The quantitative estimate of drug-likeness (QED) is 0.801. The molecule has 108 valence electrons. The van der Waals surface area contributed by atoms with Crippen LogP contribution in [-0.4, -0.2) is 12.5 Å².